The van der Waals surface area contributed by atoms with Gasteiger partial charge in [0.05, 0.1) is 4.88 Å². The molecular weight excluding hydrogens is 547 g/mol. The van der Waals surface area contributed by atoms with Crippen molar-refractivity contribution in [1.82, 2.24) is 14.7 Å². The van der Waals surface area contributed by atoms with Crippen LogP contribution in [0.1, 0.15) is 64.3 Å². The summed E-state index contributed by atoms with van der Waals surface area (Å²) >= 11 is 3.46. The first kappa shape index (κ1) is 29.9. The molecule has 2 aliphatic rings. The third kappa shape index (κ3) is 7.82. The minimum absolute atomic E-state index is 0.128. The van der Waals surface area contributed by atoms with Crippen molar-refractivity contribution in [1.29, 1.82) is 0 Å². The van der Waals surface area contributed by atoms with Crippen molar-refractivity contribution in [2.45, 2.75) is 52.6 Å². The van der Waals surface area contributed by atoms with Gasteiger partial charge in [0.25, 0.3) is 11.8 Å². The van der Waals surface area contributed by atoms with Crippen LogP contribution in [0.3, 0.4) is 0 Å². The smallest absolute Gasteiger partial charge is 0.264 e. The van der Waals surface area contributed by atoms with Crippen LogP contribution < -0.4 is 0 Å². The molecule has 3 heterocycles. The van der Waals surface area contributed by atoms with Gasteiger partial charge < -0.3 is 14.7 Å². The monoisotopic (exact) mass is 589 g/mol. The van der Waals surface area contributed by atoms with E-state index in [9.17, 15) is 9.59 Å². The normalized spacial score (nSPS) is 16.7. The topological polar surface area (TPSA) is 43.9 Å². The number of hydrogen-bond donors (Lipinski definition) is 0. The maximum atomic E-state index is 13.7. The molecule has 2 aliphatic heterocycles. The van der Waals surface area contributed by atoms with Crippen LogP contribution in [0.5, 0.6) is 0 Å². The van der Waals surface area contributed by atoms with Gasteiger partial charge in [-0.15, -0.1) is 11.3 Å². The van der Waals surface area contributed by atoms with Crippen molar-refractivity contribution in [3.8, 4) is 11.1 Å². The van der Waals surface area contributed by atoms with E-state index in [0.717, 1.165) is 95.7 Å². The molecule has 0 bridgehead atoms. The molecule has 1 aromatic heterocycles. The fourth-order valence-corrected chi connectivity index (χ4v) is 7.46. The standard InChI is InChI=1S/C34H43N3O2S2/c1-25(2)12-15-35-16-13-31(14-17-35)37(34(39)32-22-26(3)24-41-32)23-27-4-6-28(7-5-27)29-8-10-30(11-9-29)33(38)36-18-20-40-21-19-36/h4-11,22,24-25,31H,12-21,23H2,1-3H3. The predicted molar refractivity (Wildman–Crippen MR) is 173 cm³/mol. The summed E-state index contributed by atoms with van der Waals surface area (Å²) in [5, 5.41) is 2.07. The zero-order valence-electron chi connectivity index (χ0n) is 24.7. The van der Waals surface area contributed by atoms with Crippen LogP contribution in [0.15, 0.2) is 60.0 Å². The highest BCUT2D eigenvalue weighted by molar-refractivity contribution is 7.99. The van der Waals surface area contributed by atoms with Crippen molar-refractivity contribution >= 4 is 34.9 Å². The summed E-state index contributed by atoms with van der Waals surface area (Å²) in [6.45, 7) is 12.2. The molecule has 0 aliphatic carbocycles. The van der Waals surface area contributed by atoms with E-state index in [1.165, 1.54) is 6.42 Å². The molecule has 0 saturated carbocycles. The Bertz CT molecular complexity index is 1290. The van der Waals surface area contributed by atoms with Crippen molar-refractivity contribution in [2.24, 2.45) is 5.92 Å². The fraction of sp³-hybridized carbons (Fsp3) is 0.471. The molecular formula is C34H43N3O2S2. The average Bonchev–Trinajstić information content (AvgIpc) is 3.45. The van der Waals surface area contributed by atoms with Crippen molar-refractivity contribution < 1.29 is 9.59 Å². The largest absolute Gasteiger partial charge is 0.337 e. The number of thioether (sulfide) groups is 1. The van der Waals surface area contributed by atoms with Gasteiger partial charge in [0, 0.05) is 55.8 Å². The average molecular weight is 590 g/mol. The summed E-state index contributed by atoms with van der Waals surface area (Å²) < 4.78 is 0. The Morgan fingerprint density at radius 3 is 2.15 bits per heavy atom. The van der Waals surface area contributed by atoms with E-state index < -0.39 is 0 Å². The summed E-state index contributed by atoms with van der Waals surface area (Å²) in [7, 11) is 0. The number of carbonyl (C=O) groups excluding carboxylic acids is 2. The van der Waals surface area contributed by atoms with Gasteiger partial charge in [-0.05, 0) is 84.5 Å². The van der Waals surface area contributed by atoms with E-state index in [0.29, 0.717) is 6.54 Å². The SMILES string of the molecule is Cc1csc(C(=O)N(Cc2ccc(-c3ccc(C(=O)N4CCSCC4)cc3)cc2)C2CCN(CCC(C)C)CC2)c1. The van der Waals surface area contributed by atoms with E-state index in [2.05, 4.69) is 60.2 Å². The maximum Gasteiger partial charge on any atom is 0.264 e. The van der Waals surface area contributed by atoms with Gasteiger partial charge in [-0.2, -0.15) is 11.8 Å². The number of amides is 2. The van der Waals surface area contributed by atoms with E-state index in [-0.39, 0.29) is 17.9 Å². The molecule has 2 fully saturated rings. The zero-order chi connectivity index (χ0) is 28.8. The molecule has 7 heteroatoms. The number of benzene rings is 2. The van der Waals surface area contributed by atoms with Crippen molar-refractivity contribution in [3.63, 3.8) is 0 Å². The van der Waals surface area contributed by atoms with E-state index in [4.69, 9.17) is 0 Å². The lowest BCUT2D eigenvalue weighted by atomic mass is 9.99. The van der Waals surface area contributed by atoms with Gasteiger partial charge in [-0.25, -0.2) is 0 Å². The number of likely N-dealkylation sites (tertiary alicyclic amines) is 1. The van der Waals surface area contributed by atoms with Crippen LogP contribution in [0.25, 0.3) is 11.1 Å². The number of thiophene rings is 1. The number of nitrogens with zero attached hydrogens (tertiary/aromatic N) is 3. The van der Waals surface area contributed by atoms with Crippen molar-refractivity contribution in [3.05, 3.63) is 81.5 Å². The van der Waals surface area contributed by atoms with Gasteiger partial charge in [-0.1, -0.05) is 50.2 Å². The second kappa shape index (κ2) is 14.0. The summed E-state index contributed by atoms with van der Waals surface area (Å²) in [5.41, 5.74) is 5.26. The molecule has 218 valence electrons. The Hall–Kier alpha value is -2.61. The third-order valence-corrected chi connectivity index (χ3v) is 10.3. The van der Waals surface area contributed by atoms with Gasteiger partial charge >= 0.3 is 0 Å². The lowest BCUT2D eigenvalue weighted by Crippen LogP contribution is -2.47. The van der Waals surface area contributed by atoms with Crippen LogP contribution in [0, 0.1) is 12.8 Å². The zero-order valence-corrected chi connectivity index (χ0v) is 26.3. The number of aryl methyl sites for hydroxylation is 1. The minimum atomic E-state index is 0.128. The van der Waals surface area contributed by atoms with E-state index in [1.54, 1.807) is 11.3 Å². The lowest BCUT2D eigenvalue weighted by Gasteiger charge is -2.38. The summed E-state index contributed by atoms with van der Waals surface area (Å²) in [4.78, 5) is 34.1. The molecule has 5 rings (SSSR count). The van der Waals surface area contributed by atoms with Crippen molar-refractivity contribution in [2.75, 3.05) is 44.2 Å². The molecule has 3 aromatic rings. The molecule has 2 amide bonds. The first-order valence-corrected chi connectivity index (χ1v) is 17.1. The summed E-state index contributed by atoms with van der Waals surface area (Å²) in [6, 6.07) is 18.8. The van der Waals surface area contributed by atoms with Crippen LogP contribution in [-0.4, -0.2) is 76.8 Å². The molecule has 0 radical (unpaired) electrons. The lowest BCUT2D eigenvalue weighted by molar-refractivity contribution is 0.0551. The van der Waals surface area contributed by atoms with Gasteiger partial charge in [0.1, 0.15) is 0 Å². The molecule has 0 atom stereocenters. The highest BCUT2D eigenvalue weighted by atomic mass is 32.2. The van der Waals surface area contributed by atoms with Gasteiger partial charge in [0.15, 0.2) is 0 Å². The molecule has 5 nitrogen and oxygen atoms in total. The van der Waals surface area contributed by atoms with Crippen LogP contribution in [-0.2, 0) is 6.54 Å². The Kier molecular flexibility index (Phi) is 10.2. The van der Waals surface area contributed by atoms with Crippen LogP contribution in [0.2, 0.25) is 0 Å². The quantitative estimate of drug-likeness (QED) is 0.268. The van der Waals surface area contributed by atoms with E-state index in [1.807, 2.05) is 47.0 Å². The highest BCUT2D eigenvalue weighted by Gasteiger charge is 2.29. The Morgan fingerprint density at radius 1 is 0.927 bits per heavy atom. The van der Waals surface area contributed by atoms with E-state index >= 15 is 0 Å². The predicted octanol–water partition coefficient (Wildman–Crippen LogP) is 7.07. The number of carbonyl (C=O) groups is 2. The number of rotatable bonds is 9. The highest BCUT2D eigenvalue weighted by Crippen LogP contribution is 2.27. The molecule has 2 saturated heterocycles. The summed E-state index contributed by atoms with van der Waals surface area (Å²) in [5.74, 6) is 3.03. The number of piperidine rings is 1. The Balaban J connectivity index is 1.26. The third-order valence-electron chi connectivity index (χ3n) is 8.29. The second-order valence-corrected chi connectivity index (χ2v) is 14.0. The Labute approximate surface area is 253 Å². The molecule has 2 aromatic carbocycles. The summed E-state index contributed by atoms with van der Waals surface area (Å²) in [6.07, 6.45) is 3.27. The first-order valence-electron chi connectivity index (χ1n) is 15.0. The van der Waals surface area contributed by atoms with Gasteiger partial charge in [-0.3, -0.25) is 9.59 Å². The van der Waals surface area contributed by atoms with Gasteiger partial charge in [0.2, 0.25) is 0 Å². The Morgan fingerprint density at radius 2 is 1.56 bits per heavy atom. The minimum Gasteiger partial charge on any atom is -0.337 e. The fourth-order valence-electron chi connectivity index (χ4n) is 5.70. The molecule has 0 spiro atoms. The second-order valence-electron chi connectivity index (χ2n) is 11.9. The molecule has 0 N–H and O–H groups in total. The molecule has 0 unspecified atom stereocenters. The van der Waals surface area contributed by atoms with Crippen LogP contribution >= 0.6 is 23.1 Å². The number of hydrogen-bond acceptors (Lipinski definition) is 5. The van der Waals surface area contributed by atoms with Crippen LogP contribution in [0.4, 0.5) is 0 Å². The maximum absolute atomic E-state index is 13.7. The first-order chi connectivity index (χ1) is 19.9. The molecule has 41 heavy (non-hydrogen) atoms.